The lowest BCUT2D eigenvalue weighted by atomic mass is 10.0. The van der Waals surface area contributed by atoms with Gasteiger partial charge in [-0.3, -0.25) is 14.4 Å². The van der Waals surface area contributed by atoms with Gasteiger partial charge in [0.25, 0.3) is 0 Å². The van der Waals surface area contributed by atoms with Crippen LogP contribution in [0.4, 0.5) is 0 Å². The minimum atomic E-state index is -0.779. The van der Waals surface area contributed by atoms with E-state index in [1.165, 1.54) is 186 Å². The van der Waals surface area contributed by atoms with Crippen LogP contribution < -0.4 is 0 Å². The van der Waals surface area contributed by atoms with E-state index in [9.17, 15) is 14.4 Å². The third-order valence-electron chi connectivity index (χ3n) is 13.2. The maximum Gasteiger partial charge on any atom is 0.306 e. The van der Waals surface area contributed by atoms with Gasteiger partial charge < -0.3 is 14.2 Å². The van der Waals surface area contributed by atoms with Crippen LogP contribution in [-0.2, 0) is 28.6 Å². The monoisotopic (exact) mass is 953 g/mol. The summed E-state index contributed by atoms with van der Waals surface area (Å²) in [5.41, 5.74) is 0. The molecule has 1 unspecified atom stereocenters. The summed E-state index contributed by atoms with van der Waals surface area (Å²) in [6.07, 6.45) is 69.6. The first kappa shape index (κ1) is 65.4. The van der Waals surface area contributed by atoms with E-state index in [4.69, 9.17) is 14.2 Å². The molecule has 0 heterocycles. The molecule has 0 aliphatic carbocycles. The lowest BCUT2D eigenvalue weighted by Gasteiger charge is -2.18. The molecule has 0 radical (unpaired) electrons. The van der Waals surface area contributed by atoms with Crippen LogP contribution in [0.15, 0.2) is 48.6 Å². The number of allylic oxidation sites excluding steroid dienone is 8. The molecule has 396 valence electrons. The molecule has 0 aromatic carbocycles. The first-order valence-electron chi connectivity index (χ1n) is 29.7. The third kappa shape index (κ3) is 54.3. The highest BCUT2D eigenvalue weighted by Gasteiger charge is 2.19. The molecule has 1 atom stereocenters. The molecule has 68 heavy (non-hydrogen) atoms. The van der Waals surface area contributed by atoms with Gasteiger partial charge in [0.05, 0.1) is 0 Å². The molecule has 0 N–H and O–H groups in total. The van der Waals surface area contributed by atoms with Gasteiger partial charge in [-0.2, -0.15) is 0 Å². The van der Waals surface area contributed by atoms with Crippen LogP contribution in [0.1, 0.15) is 310 Å². The number of hydrogen-bond donors (Lipinski definition) is 0. The number of carbonyl (C=O) groups is 3. The Bertz CT molecular complexity index is 1190. The summed E-state index contributed by atoms with van der Waals surface area (Å²) in [7, 11) is 0. The first-order valence-corrected chi connectivity index (χ1v) is 29.7. The number of unbranched alkanes of at least 4 members (excludes halogenated alkanes) is 38. The number of carbonyl (C=O) groups excluding carboxylic acids is 3. The van der Waals surface area contributed by atoms with Gasteiger partial charge in [-0.1, -0.05) is 301 Å². The quantitative estimate of drug-likeness (QED) is 0.0262. The molecule has 0 saturated heterocycles. The molecule has 0 aliphatic heterocycles. The fourth-order valence-corrected chi connectivity index (χ4v) is 8.75. The third-order valence-corrected chi connectivity index (χ3v) is 13.2. The second kappa shape index (κ2) is 57.0. The average Bonchev–Trinajstić information content (AvgIpc) is 3.34. The molecule has 0 aromatic heterocycles. The van der Waals surface area contributed by atoms with Gasteiger partial charge in [-0.25, -0.2) is 0 Å². The Morgan fingerprint density at radius 2 is 0.574 bits per heavy atom. The summed E-state index contributed by atoms with van der Waals surface area (Å²) in [6.45, 7) is 6.53. The highest BCUT2D eigenvalue weighted by Crippen LogP contribution is 2.17. The molecular weight excluding hydrogens is 841 g/mol. The highest BCUT2D eigenvalue weighted by atomic mass is 16.6. The minimum Gasteiger partial charge on any atom is -0.462 e. The zero-order valence-electron chi connectivity index (χ0n) is 45.4. The average molecular weight is 954 g/mol. The lowest BCUT2D eigenvalue weighted by Crippen LogP contribution is -2.30. The zero-order chi connectivity index (χ0) is 49.3. The second-order valence-corrected chi connectivity index (χ2v) is 20.0. The molecule has 0 aromatic rings. The van der Waals surface area contributed by atoms with Gasteiger partial charge in [0.15, 0.2) is 6.10 Å². The molecule has 0 aliphatic rings. The van der Waals surface area contributed by atoms with Crippen molar-refractivity contribution >= 4 is 17.9 Å². The molecule has 0 fully saturated rings. The summed E-state index contributed by atoms with van der Waals surface area (Å²) in [5, 5.41) is 0. The Balaban J connectivity index is 4.34. The van der Waals surface area contributed by atoms with Crippen molar-refractivity contribution in [3.63, 3.8) is 0 Å². The van der Waals surface area contributed by atoms with Gasteiger partial charge in [-0.15, -0.1) is 0 Å². The summed E-state index contributed by atoms with van der Waals surface area (Å²) in [6, 6.07) is 0. The van der Waals surface area contributed by atoms with Crippen LogP contribution in [0.3, 0.4) is 0 Å². The van der Waals surface area contributed by atoms with Crippen molar-refractivity contribution in [3.8, 4) is 0 Å². The number of rotatable bonds is 54. The molecule has 6 heteroatoms. The summed E-state index contributed by atoms with van der Waals surface area (Å²) in [4.78, 5) is 38.2. The molecule has 0 amide bonds. The highest BCUT2D eigenvalue weighted by molar-refractivity contribution is 5.71. The van der Waals surface area contributed by atoms with Gasteiger partial charge in [-0.05, 0) is 38.5 Å². The smallest absolute Gasteiger partial charge is 0.306 e. The predicted octanol–water partition coefficient (Wildman–Crippen LogP) is 19.8. The minimum absolute atomic E-state index is 0.0762. The van der Waals surface area contributed by atoms with Crippen LogP contribution in [0.5, 0.6) is 0 Å². The van der Waals surface area contributed by atoms with E-state index in [1.54, 1.807) is 0 Å². The molecule has 0 saturated carbocycles. The van der Waals surface area contributed by atoms with E-state index in [2.05, 4.69) is 51.2 Å². The van der Waals surface area contributed by atoms with Gasteiger partial charge in [0.2, 0.25) is 0 Å². The van der Waals surface area contributed by atoms with Crippen molar-refractivity contribution in [2.24, 2.45) is 0 Å². The predicted molar refractivity (Wildman–Crippen MR) is 293 cm³/mol. The Morgan fingerprint density at radius 3 is 0.897 bits per heavy atom. The zero-order valence-corrected chi connectivity index (χ0v) is 45.4. The maximum atomic E-state index is 12.9. The second-order valence-electron chi connectivity index (χ2n) is 20.0. The van der Waals surface area contributed by atoms with Crippen LogP contribution in [0.25, 0.3) is 0 Å². The van der Waals surface area contributed by atoms with Crippen LogP contribution >= 0.6 is 0 Å². The number of esters is 3. The molecule has 0 bridgehead atoms. The van der Waals surface area contributed by atoms with Crippen molar-refractivity contribution in [3.05, 3.63) is 48.6 Å². The van der Waals surface area contributed by atoms with Crippen LogP contribution in [-0.4, -0.2) is 37.2 Å². The normalized spacial score (nSPS) is 12.3. The fraction of sp³-hybridized carbons (Fsp3) is 0.823. The van der Waals surface area contributed by atoms with Crippen molar-refractivity contribution in [1.29, 1.82) is 0 Å². The molecular formula is C62H112O6. The summed E-state index contributed by atoms with van der Waals surface area (Å²) in [5.74, 6) is -0.881. The Morgan fingerprint density at radius 1 is 0.309 bits per heavy atom. The lowest BCUT2D eigenvalue weighted by molar-refractivity contribution is -0.167. The van der Waals surface area contributed by atoms with Crippen molar-refractivity contribution in [2.75, 3.05) is 13.2 Å². The van der Waals surface area contributed by atoms with Crippen molar-refractivity contribution in [1.82, 2.24) is 0 Å². The van der Waals surface area contributed by atoms with Crippen LogP contribution in [0.2, 0.25) is 0 Å². The molecule has 6 nitrogen and oxygen atoms in total. The summed E-state index contributed by atoms with van der Waals surface area (Å²) >= 11 is 0. The largest absolute Gasteiger partial charge is 0.462 e. The van der Waals surface area contributed by atoms with Crippen molar-refractivity contribution < 1.29 is 28.6 Å². The standard InChI is InChI=1S/C62H112O6/c1-4-7-10-13-16-19-22-25-28-30-31-32-35-37-40-43-46-49-52-55-61(64)67-58-59(57-66-60(63)54-51-48-45-42-39-36-33-27-24-21-18-15-12-9-6-3)68-62(65)56-53-50-47-44-41-38-34-29-26-23-20-17-14-11-8-5-2/h9,12,15,18,21,24,27,33,59H,4-8,10-11,13-14,16-17,19-20,22-23,25-26,28-32,34-58H2,1-3H3/b12-9-,18-15-,24-21-,33-27-. The number of ether oxygens (including phenoxy) is 3. The van der Waals surface area contributed by atoms with E-state index in [0.717, 1.165) is 83.5 Å². The van der Waals surface area contributed by atoms with Gasteiger partial charge in [0.1, 0.15) is 13.2 Å². The number of hydrogen-bond acceptors (Lipinski definition) is 6. The van der Waals surface area contributed by atoms with Gasteiger partial charge >= 0.3 is 17.9 Å². The first-order chi connectivity index (χ1) is 33.5. The van der Waals surface area contributed by atoms with E-state index >= 15 is 0 Å². The molecule has 0 spiro atoms. The SMILES string of the molecule is CC\C=C/C=C\C=C/C=C\CCCCCCCC(=O)OCC(COC(=O)CCCCCCCCCCCCCCCCCCCCC)OC(=O)CCCCCCCCCCCCCCCCCC. The molecule has 0 rings (SSSR count). The topological polar surface area (TPSA) is 78.9 Å². The van der Waals surface area contributed by atoms with E-state index in [-0.39, 0.29) is 31.1 Å². The van der Waals surface area contributed by atoms with E-state index in [0.29, 0.717) is 19.3 Å². The van der Waals surface area contributed by atoms with Crippen molar-refractivity contribution in [2.45, 2.75) is 316 Å². The van der Waals surface area contributed by atoms with Gasteiger partial charge in [0, 0.05) is 19.3 Å². The van der Waals surface area contributed by atoms with Crippen LogP contribution in [0, 0.1) is 0 Å². The van der Waals surface area contributed by atoms with E-state index in [1.807, 2.05) is 18.2 Å². The maximum absolute atomic E-state index is 12.9. The Labute approximate surface area is 422 Å². The summed E-state index contributed by atoms with van der Waals surface area (Å²) < 4.78 is 16.9. The van der Waals surface area contributed by atoms with E-state index < -0.39 is 6.10 Å². The Hall–Kier alpha value is -2.63. The Kier molecular flexibility index (Phi) is 54.8. The fourth-order valence-electron chi connectivity index (χ4n) is 8.75.